The summed E-state index contributed by atoms with van der Waals surface area (Å²) in [5.41, 5.74) is 0.930. The molecule has 1 aliphatic rings. The molecule has 1 aromatic carbocycles. The first-order chi connectivity index (χ1) is 11.1. The summed E-state index contributed by atoms with van der Waals surface area (Å²) < 4.78 is 0. The van der Waals surface area contributed by atoms with Crippen molar-refractivity contribution in [3.05, 3.63) is 34.9 Å². The van der Waals surface area contributed by atoms with Gasteiger partial charge in [-0.3, -0.25) is 0 Å². The molecule has 0 aromatic heterocycles. The maximum Gasteiger partial charge on any atom is 0.315 e. The van der Waals surface area contributed by atoms with E-state index in [0.29, 0.717) is 18.1 Å². The zero-order chi connectivity index (χ0) is 16.5. The summed E-state index contributed by atoms with van der Waals surface area (Å²) in [7, 11) is 2.17. The Morgan fingerprint density at radius 3 is 2.61 bits per heavy atom. The van der Waals surface area contributed by atoms with Gasteiger partial charge in [0, 0.05) is 44.3 Å². The minimum Gasteiger partial charge on any atom is -0.338 e. The van der Waals surface area contributed by atoms with Crippen molar-refractivity contribution in [1.29, 1.82) is 0 Å². The van der Waals surface area contributed by atoms with Crippen LogP contribution in [0.3, 0.4) is 0 Å². The first kappa shape index (κ1) is 18.0. The lowest BCUT2D eigenvalue weighted by atomic mass is 10.2. The molecule has 0 aliphatic carbocycles. The van der Waals surface area contributed by atoms with E-state index in [-0.39, 0.29) is 6.03 Å². The van der Waals surface area contributed by atoms with Crippen LogP contribution in [-0.4, -0.2) is 62.1 Å². The van der Waals surface area contributed by atoms with Gasteiger partial charge in [0.25, 0.3) is 0 Å². The highest BCUT2D eigenvalue weighted by molar-refractivity contribution is 6.31. The molecule has 2 rings (SSSR count). The maximum atomic E-state index is 11.7. The summed E-state index contributed by atoms with van der Waals surface area (Å²) in [5, 5.41) is 6.41. The summed E-state index contributed by atoms with van der Waals surface area (Å²) in [5.74, 6) is 0. The lowest BCUT2D eigenvalue weighted by Gasteiger charge is -2.32. The van der Waals surface area contributed by atoms with Crippen LogP contribution in [0.2, 0.25) is 5.02 Å². The van der Waals surface area contributed by atoms with Crippen molar-refractivity contribution in [2.24, 2.45) is 0 Å². The Morgan fingerprint density at radius 2 is 1.87 bits per heavy atom. The normalized spacial score (nSPS) is 16.3. The SMILES string of the molecule is CN1CCN(CCCCNC(=O)NCc2ccccc2Cl)CC1. The number of urea groups is 1. The highest BCUT2D eigenvalue weighted by Crippen LogP contribution is 2.14. The van der Waals surface area contributed by atoms with Gasteiger partial charge < -0.3 is 20.4 Å². The lowest BCUT2D eigenvalue weighted by molar-refractivity contribution is 0.152. The molecule has 0 bridgehead atoms. The molecule has 1 aliphatic heterocycles. The largest absolute Gasteiger partial charge is 0.338 e. The fourth-order valence-electron chi connectivity index (χ4n) is 2.61. The van der Waals surface area contributed by atoms with Gasteiger partial charge in [0.05, 0.1) is 0 Å². The quantitative estimate of drug-likeness (QED) is 0.749. The van der Waals surface area contributed by atoms with E-state index in [4.69, 9.17) is 11.6 Å². The van der Waals surface area contributed by atoms with E-state index in [1.165, 1.54) is 0 Å². The van der Waals surface area contributed by atoms with Gasteiger partial charge in [0.15, 0.2) is 0 Å². The molecule has 1 heterocycles. The predicted molar refractivity (Wildman–Crippen MR) is 94.9 cm³/mol. The van der Waals surface area contributed by atoms with Crippen LogP contribution >= 0.6 is 11.6 Å². The second kappa shape index (κ2) is 9.75. The minimum absolute atomic E-state index is 0.135. The number of benzene rings is 1. The smallest absolute Gasteiger partial charge is 0.315 e. The number of rotatable bonds is 7. The molecule has 1 aromatic rings. The molecule has 0 saturated carbocycles. The first-order valence-corrected chi connectivity index (χ1v) is 8.69. The Hall–Kier alpha value is -1.30. The molecular formula is C17H27ClN4O. The van der Waals surface area contributed by atoms with Crippen LogP contribution in [0.5, 0.6) is 0 Å². The van der Waals surface area contributed by atoms with Gasteiger partial charge >= 0.3 is 6.03 Å². The van der Waals surface area contributed by atoms with E-state index >= 15 is 0 Å². The number of unbranched alkanes of at least 4 members (excludes halogenated alkanes) is 1. The Morgan fingerprint density at radius 1 is 1.13 bits per heavy atom. The molecule has 1 fully saturated rings. The molecule has 2 amide bonds. The number of nitrogens with one attached hydrogen (secondary N) is 2. The highest BCUT2D eigenvalue weighted by atomic mass is 35.5. The number of carbonyl (C=O) groups excluding carboxylic acids is 1. The van der Waals surface area contributed by atoms with E-state index in [1.54, 1.807) is 0 Å². The molecule has 6 heteroatoms. The number of piperazine rings is 1. The Balaban J connectivity index is 1.51. The molecular weight excluding hydrogens is 312 g/mol. The average molecular weight is 339 g/mol. The monoisotopic (exact) mass is 338 g/mol. The van der Waals surface area contributed by atoms with Crippen LogP contribution in [0, 0.1) is 0 Å². The van der Waals surface area contributed by atoms with E-state index in [9.17, 15) is 4.79 Å². The molecule has 5 nitrogen and oxygen atoms in total. The third kappa shape index (κ3) is 6.77. The number of likely N-dealkylation sites (N-methyl/N-ethyl adjacent to an activating group) is 1. The van der Waals surface area contributed by atoms with Crippen LogP contribution in [0.1, 0.15) is 18.4 Å². The number of carbonyl (C=O) groups is 1. The van der Waals surface area contributed by atoms with Gasteiger partial charge in [-0.2, -0.15) is 0 Å². The van der Waals surface area contributed by atoms with Gasteiger partial charge in [-0.25, -0.2) is 4.79 Å². The van der Waals surface area contributed by atoms with Gasteiger partial charge in [-0.05, 0) is 38.1 Å². The Bertz CT molecular complexity index is 489. The second-order valence-electron chi connectivity index (χ2n) is 6.05. The van der Waals surface area contributed by atoms with Gasteiger partial charge in [0.2, 0.25) is 0 Å². The summed E-state index contributed by atoms with van der Waals surface area (Å²) in [6.45, 7) is 6.90. The molecule has 0 atom stereocenters. The third-order valence-electron chi connectivity index (χ3n) is 4.18. The Kier molecular flexibility index (Phi) is 7.65. The summed E-state index contributed by atoms with van der Waals surface area (Å²) in [4.78, 5) is 16.6. The van der Waals surface area contributed by atoms with E-state index in [1.807, 2.05) is 24.3 Å². The topological polar surface area (TPSA) is 47.6 Å². The number of nitrogens with zero attached hydrogens (tertiary/aromatic N) is 2. The van der Waals surface area contributed by atoms with Crippen LogP contribution in [0.4, 0.5) is 4.79 Å². The van der Waals surface area contributed by atoms with Crippen molar-refractivity contribution < 1.29 is 4.79 Å². The molecule has 0 radical (unpaired) electrons. The summed E-state index contributed by atoms with van der Waals surface area (Å²) in [6.07, 6.45) is 2.13. The fourth-order valence-corrected chi connectivity index (χ4v) is 2.82. The van der Waals surface area contributed by atoms with E-state index in [2.05, 4.69) is 27.5 Å². The van der Waals surface area contributed by atoms with Crippen molar-refractivity contribution in [2.45, 2.75) is 19.4 Å². The average Bonchev–Trinajstić information content (AvgIpc) is 2.55. The van der Waals surface area contributed by atoms with Crippen molar-refractivity contribution in [2.75, 3.05) is 46.3 Å². The van der Waals surface area contributed by atoms with Gasteiger partial charge in [0.1, 0.15) is 0 Å². The number of amides is 2. The van der Waals surface area contributed by atoms with Gasteiger partial charge in [-0.1, -0.05) is 29.8 Å². The van der Waals surface area contributed by atoms with Crippen LogP contribution in [0.25, 0.3) is 0 Å². The van der Waals surface area contributed by atoms with E-state index in [0.717, 1.165) is 51.1 Å². The summed E-state index contributed by atoms with van der Waals surface area (Å²) in [6, 6.07) is 7.41. The maximum absolute atomic E-state index is 11.7. The predicted octanol–water partition coefficient (Wildman–Crippen LogP) is 2.17. The molecule has 0 spiro atoms. The number of hydrogen-bond acceptors (Lipinski definition) is 3. The zero-order valence-corrected chi connectivity index (χ0v) is 14.6. The van der Waals surface area contributed by atoms with Crippen molar-refractivity contribution in [3.8, 4) is 0 Å². The van der Waals surface area contributed by atoms with E-state index < -0.39 is 0 Å². The van der Waals surface area contributed by atoms with Gasteiger partial charge in [-0.15, -0.1) is 0 Å². The Labute approximate surface area is 144 Å². The molecule has 128 valence electrons. The van der Waals surface area contributed by atoms with Crippen LogP contribution in [0.15, 0.2) is 24.3 Å². The van der Waals surface area contributed by atoms with Crippen LogP contribution < -0.4 is 10.6 Å². The summed E-state index contributed by atoms with van der Waals surface area (Å²) >= 11 is 6.06. The minimum atomic E-state index is -0.135. The standard InChI is InChI=1S/C17H27ClN4O/c1-21-10-12-22(13-11-21)9-5-4-8-19-17(23)20-14-15-6-2-3-7-16(15)18/h2-3,6-7H,4-5,8-14H2,1H3,(H2,19,20,23). The highest BCUT2D eigenvalue weighted by Gasteiger charge is 2.12. The molecule has 0 unspecified atom stereocenters. The molecule has 23 heavy (non-hydrogen) atoms. The van der Waals surface area contributed by atoms with Crippen molar-refractivity contribution in [3.63, 3.8) is 0 Å². The fraction of sp³-hybridized carbons (Fsp3) is 0.588. The molecule has 1 saturated heterocycles. The third-order valence-corrected chi connectivity index (χ3v) is 4.55. The number of hydrogen-bond donors (Lipinski definition) is 2. The van der Waals surface area contributed by atoms with Crippen LogP contribution in [-0.2, 0) is 6.54 Å². The zero-order valence-electron chi connectivity index (χ0n) is 13.9. The number of halogens is 1. The van der Waals surface area contributed by atoms with Crippen molar-refractivity contribution >= 4 is 17.6 Å². The molecule has 2 N–H and O–H groups in total. The second-order valence-corrected chi connectivity index (χ2v) is 6.46. The first-order valence-electron chi connectivity index (χ1n) is 8.31. The van der Waals surface area contributed by atoms with Crippen molar-refractivity contribution in [1.82, 2.24) is 20.4 Å². The lowest BCUT2D eigenvalue weighted by Crippen LogP contribution is -2.44.